The van der Waals surface area contributed by atoms with Gasteiger partial charge in [0.25, 0.3) is 0 Å². The Bertz CT molecular complexity index is 592. The molecule has 2 saturated heterocycles. The number of hydrogen-bond donors (Lipinski definition) is 1. The molecule has 0 aromatic carbocycles. The SMILES string of the molecule is CC(C)c1nc(CCN(C)C(=O)NC2CCN(CC3CCCO3)CC2)no1. The first-order chi connectivity index (χ1) is 13.0. The van der Waals surface area contributed by atoms with Crippen LogP contribution in [0, 0.1) is 0 Å². The summed E-state index contributed by atoms with van der Waals surface area (Å²) in [5.74, 6) is 1.52. The maximum atomic E-state index is 12.4. The molecule has 0 spiro atoms. The van der Waals surface area contributed by atoms with Gasteiger partial charge in [-0.1, -0.05) is 19.0 Å². The number of nitrogens with zero attached hydrogens (tertiary/aromatic N) is 4. The molecule has 0 radical (unpaired) electrons. The number of amides is 2. The highest BCUT2D eigenvalue weighted by molar-refractivity contribution is 5.74. The molecule has 3 heterocycles. The molecule has 1 N–H and O–H groups in total. The fraction of sp³-hybridized carbons (Fsp3) is 0.842. The van der Waals surface area contributed by atoms with E-state index in [9.17, 15) is 4.79 Å². The number of aromatic nitrogens is 2. The summed E-state index contributed by atoms with van der Waals surface area (Å²) in [6.07, 6.45) is 5.36. The van der Waals surface area contributed by atoms with Crippen LogP contribution in [0.1, 0.15) is 57.2 Å². The normalized spacial score (nSPS) is 21.7. The van der Waals surface area contributed by atoms with Crippen molar-refractivity contribution in [3.05, 3.63) is 11.7 Å². The summed E-state index contributed by atoms with van der Waals surface area (Å²) in [6.45, 7) is 8.59. The predicted molar refractivity (Wildman–Crippen MR) is 102 cm³/mol. The topological polar surface area (TPSA) is 83.7 Å². The zero-order chi connectivity index (χ0) is 19.2. The fourth-order valence-corrected chi connectivity index (χ4v) is 3.59. The minimum Gasteiger partial charge on any atom is -0.377 e. The van der Waals surface area contributed by atoms with Crippen LogP contribution in [0.25, 0.3) is 0 Å². The van der Waals surface area contributed by atoms with Crippen LogP contribution in [0.4, 0.5) is 4.79 Å². The lowest BCUT2D eigenvalue weighted by Gasteiger charge is -2.34. The Morgan fingerprint density at radius 3 is 2.74 bits per heavy atom. The van der Waals surface area contributed by atoms with E-state index in [1.807, 2.05) is 20.9 Å². The standard InChI is InChI=1S/C19H33N5O3/c1-14(2)18-21-17(22-27-18)8-9-23(3)19(25)20-15-6-10-24(11-7-15)13-16-5-4-12-26-16/h14-16H,4-13H2,1-3H3,(H,20,25). The number of carbonyl (C=O) groups excluding carboxylic acids is 1. The Morgan fingerprint density at radius 1 is 1.33 bits per heavy atom. The van der Waals surface area contributed by atoms with Gasteiger partial charge in [-0.3, -0.25) is 0 Å². The molecular weight excluding hydrogens is 346 g/mol. The lowest BCUT2D eigenvalue weighted by Crippen LogP contribution is -2.49. The third-order valence-corrected chi connectivity index (χ3v) is 5.40. The molecule has 1 aromatic heterocycles. The molecule has 1 aromatic rings. The van der Waals surface area contributed by atoms with Crippen molar-refractivity contribution in [3.63, 3.8) is 0 Å². The van der Waals surface area contributed by atoms with Gasteiger partial charge in [0.2, 0.25) is 5.89 Å². The van der Waals surface area contributed by atoms with Crippen molar-refractivity contribution in [1.29, 1.82) is 0 Å². The number of piperidine rings is 1. The molecule has 8 heteroatoms. The molecule has 0 saturated carbocycles. The van der Waals surface area contributed by atoms with E-state index in [1.165, 1.54) is 12.8 Å². The Kier molecular flexibility index (Phi) is 7.07. The molecule has 2 aliphatic rings. The number of likely N-dealkylation sites (tertiary alicyclic amines) is 1. The van der Waals surface area contributed by atoms with E-state index >= 15 is 0 Å². The van der Waals surface area contributed by atoms with Crippen LogP contribution in [0.2, 0.25) is 0 Å². The maximum absolute atomic E-state index is 12.4. The number of nitrogens with one attached hydrogen (secondary N) is 1. The van der Waals surface area contributed by atoms with Gasteiger partial charge in [-0.25, -0.2) is 4.79 Å². The van der Waals surface area contributed by atoms with Crippen molar-refractivity contribution in [2.24, 2.45) is 0 Å². The molecule has 27 heavy (non-hydrogen) atoms. The number of rotatable bonds is 7. The average Bonchev–Trinajstić information content (AvgIpc) is 3.33. The molecule has 2 amide bonds. The molecule has 2 aliphatic heterocycles. The number of ether oxygens (including phenoxy) is 1. The molecule has 1 atom stereocenters. The van der Waals surface area contributed by atoms with Crippen molar-refractivity contribution in [1.82, 2.24) is 25.3 Å². The minimum absolute atomic E-state index is 0.0276. The second-order valence-electron chi connectivity index (χ2n) is 8.03. The Hall–Kier alpha value is -1.67. The van der Waals surface area contributed by atoms with Crippen molar-refractivity contribution in [2.45, 2.75) is 64.0 Å². The van der Waals surface area contributed by atoms with E-state index in [2.05, 4.69) is 20.4 Å². The van der Waals surface area contributed by atoms with E-state index in [1.54, 1.807) is 4.90 Å². The molecule has 3 rings (SSSR count). The van der Waals surface area contributed by atoms with Gasteiger partial charge in [0, 0.05) is 58.2 Å². The summed E-state index contributed by atoms with van der Waals surface area (Å²) in [4.78, 5) is 20.9. The van der Waals surface area contributed by atoms with E-state index in [-0.39, 0.29) is 18.0 Å². The molecule has 8 nitrogen and oxygen atoms in total. The van der Waals surface area contributed by atoms with Crippen LogP contribution in [0.5, 0.6) is 0 Å². The van der Waals surface area contributed by atoms with Crippen LogP contribution in [0.15, 0.2) is 4.52 Å². The molecule has 152 valence electrons. The van der Waals surface area contributed by atoms with E-state index in [0.29, 0.717) is 30.8 Å². The Labute approximate surface area is 161 Å². The van der Waals surface area contributed by atoms with Crippen LogP contribution >= 0.6 is 0 Å². The van der Waals surface area contributed by atoms with Crippen LogP contribution in [-0.4, -0.2) is 78.0 Å². The maximum Gasteiger partial charge on any atom is 0.317 e. The van der Waals surface area contributed by atoms with E-state index < -0.39 is 0 Å². The van der Waals surface area contributed by atoms with Crippen LogP contribution < -0.4 is 5.32 Å². The van der Waals surface area contributed by atoms with Gasteiger partial charge in [-0.05, 0) is 25.7 Å². The summed E-state index contributed by atoms with van der Waals surface area (Å²) in [5, 5.41) is 7.13. The first-order valence-corrected chi connectivity index (χ1v) is 10.2. The summed E-state index contributed by atoms with van der Waals surface area (Å²) < 4.78 is 10.9. The highest BCUT2D eigenvalue weighted by Crippen LogP contribution is 2.17. The van der Waals surface area contributed by atoms with Crippen molar-refractivity contribution in [3.8, 4) is 0 Å². The molecule has 0 aliphatic carbocycles. The lowest BCUT2D eigenvalue weighted by atomic mass is 10.0. The van der Waals surface area contributed by atoms with Gasteiger partial charge < -0.3 is 24.4 Å². The minimum atomic E-state index is -0.0276. The average molecular weight is 380 g/mol. The van der Waals surface area contributed by atoms with Crippen molar-refractivity contribution >= 4 is 6.03 Å². The largest absolute Gasteiger partial charge is 0.377 e. The number of likely N-dealkylation sites (N-methyl/N-ethyl adjacent to an activating group) is 1. The van der Waals surface area contributed by atoms with Crippen molar-refractivity contribution < 1.29 is 14.1 Å². The molecule has 2 fully saturated rings. The second kappa shape index (κ2) is 9.50. The zero-order valence-corrected chi connectivity index (χ0v) is 16.8. The quantitative estimate of drug-likeness (QED) is 0.780. The Morgan fingerprint density at radius 2 is 2.11 bits per heavy atom. The van der Waals surface area contributed by atoms with E-state index in [4.69, 9.17) is 9.26 Å². The van der Waals surface area contributed by atoms with E-state index in [0.717, 1.165) is 39.1 Å². The highest BCUT2D eigenvalue weighted by atomic mass is 16.5. The number of carbonyl (C=O) groups is 1. The number of hydrogen-bond acceptors (Lipinski definition) is 6. The summed E-state index contributed by atoms with van der Waals surface area (Å²) >= 11 is 0. The van der Waals surface area contributed by atoms with Crippen LogP contribution in [-0.2, 0) is 11.2 Å². The van der Waals surface area contributed by atoms with Crippen molar-refractivity contribution in [2.75, 3.05) is 39.8 Å². The fourth-order valence-electron chi connectivity index (χ4n) is 3.59. The molecule has 1 unspecified atom stereocenters. The van der Waals surface area contributed by atoms with Gasteiger partial charge in [-0.15, -0.1) is 0 Å². The predicted octanol–water partition coefficient (Wildman–Crippen LogP) is 2.02. The summed E-state index contributed by atoms with van der Waals surface area (Å²) in [5.41, 5.74) is 0. The summed E-state index contributed by atoms with van der Waals surface area (Å²) in [7, 11) is 1.81. The zero-order valence-electron chi connectivity index (χ0n) is 16.8. The van der Waals surface area contributed by atoms with Gasteiger partial charge in [0.1, 0.15) is 0 Å². The highest BCUT2D eigenvalue weighted by Gasteiger charge is 2.25. The van der Waals surface area contributed by atoms with Gasteiger partial charge >= 0.3 is 6.03 Å². The molecular formula is C19H33N5O3. The van der Waals surface area contributed by atoms with Gasteiger partial charge in [-0.2, -0.15) is 4.98 Å². The van der Waals surface area contributed by atoms with Gasteiger partial charge in [0.05, 0.1) is 6.10 Å². The summed E-state index contributed by atoms with van der Waals surface area (Å²) in [6, 6.07) is 0.221. The third kappa shape index (κ3) is 5.90. The van der Waals surface area contributed by atoms with Gasteiger partial charge in [0.15, 0.2) is 5.82 Å². The monoisotopic (exact) mass is 379 g/mol. The second-order valence-corrected chi connectivity index (χ2v) is 8.03. The first-order valence-electron chi connectivity index (χ1n) is 10.2. The smallest absolute Gasteiger partial charge is 0.317 e. The number of urea groups is 1. The van der Waals surface area contributed by atoms with Crippen LogP contribution in [0.3, 0.4) is 0 Å². The lowest BCUT2D eigenvalue weighted by molar-refractivity contribution is 0.0629. The molecule has 0 bridgehead atoms. The third-order valence-electron chi connectivity index (χ3n) is 5.40. The first kappa shape index (κ1) is 20.1. The Balaban J connectivity index is 1.34.